The highest BCUT2D eigenvalue weighted by atomic mass is 28.4. The Labute approximate surface area is 201 Å². The Bertz CT molecular complexity index is 998. The number of amides is 2. The zero-order valence-electron chi connectivity index (χ0n) is 20.6. The van der Waals surface area contributed by atoms with Gasteiger partial charge in [0.1, 0.15) is 6.61 Å². The van der Waals surface area contributed by atoms with Gasteiger partial charge in [-0.25, -0.2) is 9.69 Å². The first kappa shape index (κ1) is 25.8. The molecule has 8 nitrogen and oxygen atoms in total. The zero-order chi connectivity index (χ0) is 25.3. The van der Waals surface area contributed by atoms with Crippen molar-refractivity contribution in [1.82, 2.24) is 4.90 Å². The number of allylic oxidation sites excluding steroid dienone is 1. The highest BCUT2D eigenvalue weighted by molar-refractivity contribution is 6.74. The smallest absolute Gasteiger partial charge is 0.416 e. The number of hydrogen-bond acceptors (Lipinski definition) is 7. The van der Waals surface area contributed by atoms with E-state index in [-0.39, 0.29) is 30.4 Å². The summed E-state index contributed by atoms with van der Waals surface area (Å²) < 4.78 is 17.1. The SMILES string of the molecule is COC(=O)N1C[C@@H](O[Si](C)(C)C(C)(C)C)[C@H]2CC(=O)C=C[C@@]2(C(=O)OCc2ccccc2)C1=O. The largest absolute Gasteiger partial charge is 0.460 e. The van der Waals surface area contributed by atoms with Crippen LogP contribution in [-0.4, -0.2) is 56.7 Å². The highest BCUT2D eigenvalue weighted by Crippen LogP contribution is 2.48. The van der Waals surface area contributed by atoms with Crippen LogP contribution in [0.3, 0.4) is 0 Å². The molecule has 2 aliphatic rings. The molecule has 0 saturated carbocycles. The molecular weight excluding hydrogens is 454 g/mol. The van der Waals surface area contributed by atoms with E-state index in [1.165, 1.54) is 19.3 Å². The standard InChI is InChI=1S/C25H33NO7Si/c1-24(2,3)34(5,6)33-20-15-26(23(30)31-4)21(28)25(13-12-18(27)14-19(20)25)22(29)32-16-17-10-8-7-9-11-17/h7-13,19-20H,14-16H2,1-6H3/t19-,20-,25+/m1/s1. The summed E-state index contributed by atoms with van der Waals surface area (Å²) in [5, 5.41) is -0.171. The average Bonchev–Trinajstić information content (AvgIpc) is 2.78. The number of likely N-dealkylation sites (tertiary alicyclic amines) is 1. The molecule has 2 amide bonds. The first-order chi connectivity index (χ1) is 15.8. The van der Waals surface area contributed by atoms with Crippen molar-refractivity contribution in [3.05, 3.63) is 48.0 Å². The van der Waals surface area contributed by atoms with Crippen molar-refractivity contribution < 1.29 is 33.1 Å². The van der Waals surface area contributed by atoms with Crippen LogP contribution in [0.2, 0.25) is 18.1 Å². The lowest BCUT2D eigenvalue weighted by atomic mass is 9.64. The van der Waals surface area contributed by atoms with E-state index in [0.29, 0.717) is 0 Å². The van der Waals surface area contributed by atoms with Crippen LogP contribution in [0.25, 0.3) is 0 Å². The number of hydrogen-bond donors (Lipinski definition) is 0. The number of imide groups is 1. The van der Waals surface area contributed by atoms with E-state index in [0.717, 1.165) is 10.5 Å². The third-order valence-electron chi connectivity index (χ3n) is 7.15. The van der Waals surface area contributed by atoms with E-state index in [9.17, 15) is 19.2 Å². The predicted octanol–water partition coefficient (Wildman–Crippen LogP) is 3.86. The Morgan fingerprint density at radius 2 is 1.79 bits per heavy atom. The minimum absolute atomic E-state index is 0.0464. The number of fused-ring (bicyclic) bond motifs is 1. The van der Waals surface area contributed by atoms with Crippen LogP contribution in [-0.2, 0) is 34.9 Å². The summed E-state index contributed by atoms with van der Waals surface area (Å²) in [5.74, 6) is -2.58. The number of carbonyl (C=O) groups excluding carboxylic acids is 4. The number of benzene rings is 1. The molecule has 34 heavy (non-hydrogen) atoms. The van der Waals surface area contributed by atoms with Crippen molar-refractivity contribution in [3.63, 3.8) is 0 Å². The summed E-state index contributed by atoms with van der Waals surface area (Å²) in [7, 11) is -1.23. The lowest BCUT2D eigenvalue weighted by Crippen LogP contribution is -2.66. The van der Waals surface area contributed by atoms with E-state index < -0.39 is 43.7 Å². The summed E-state index contributed by atoms with van der Waals surface area (Å²) in [5.41, 5.74) is -1.11. The Morgan fingerprint density at radius 3 is 2.38 bits per heavy atom. The molecule has 1 heterocycles. The van der Waals surface area contributed by atoms with Crippen molar-refractivity contribution >= 4 is 32.1 Å². The number of ketones is 1. The van der Waals surface area contributed by atoms with Gasteiger partial charge in [-0.3, -0.25) is 14.4 Å². The molecule has 0 spiro atoms. The minimum atomic E-state index is -2.40. The van der Waals surface area contributed by atoms with E-state index >= 15 is 0 Å². The summed E-state index contributed by atoms with van der Waals surface area (Å²) in [4.78, 5) is 53.2. The number of carbonyl (C=O) groups is 4. The Balaban J connectivity index is 2.05. The molecule has 0 N–H and O–H groups in total. The molecule has 0 unspecified atom stereocenters. The van der Waals surface area contributed by atoms with Crippen LogP contribution in [0.5, 0.6) is 0 Å². The first-order valence-electron chi connectivity index (χ1n) is 11.3. The second-order valence-corrected chi connectivity index (χ2v) is 15.1. The maximum absolute atomic E-state index is 13.7. The lowest BCUT2D eigenvalue weighted by molar-refractivity contribution is -0.175. The molecule has 1 saturated heterocycles. The molecule has 184 valence electrons. The molecule has 0 radical (unpaired) electrons. The Hall–Kier alpha value is -2.78. The van der Waals surface area contributed by atoms with Crippen LogP contribution in [0.4, 0.5) is 4.79 Å². The van der Waals surface area contributed by atoms with Crippen molar-refractivity contribution in [2.45, 2.75) is 58.0 Å². The summed E-state index contributed by atoms with van der Waals surface area (Å²) in [6, 6.07) is 9.08. The van der Waals surface area contributed by atoms with Crippen LogP contribution >= 0.6 is 0 Å². The zero-order valence-corrected chi connectivity index (χ0v) is 21.6. The molecule has 3 atom stereocenters. The first-order valence-corrected chi connectivity index (χ1v) is 14.3. The van der Waals surface area contributed by atoms with Gasteiger partial charge in [0.05, 0.1) is 19.8 Å². The predicted molar refractivity (Wildman–Crippen MR) is 127 cm³/mol. The van der Waals surface area contributed by atoms with Crippen molar-refractivity contribution in [2.24, 2.45) is 11.3 Å². The van der Waals surface area contributed by atoms with Gasteiger partial charge >= 0.3 is 12.1 Å². The Kier molecular flexibility index (Phi) is 7.19. The van der Waals surface area contributed by atoms with Crippen LogP contribution in [0, 0.1) is 11.3 Å². The molecule has 1 aliphatic carbocycles. The number of methoxy groups -OCH3 is 1. The minimum Gasteiger partial charge on any atom is -0.460 e. The van der Waals surface area contributed by atoms with Gasteiger partial charge in [0.25, 0.3) is 5.91 Å². The molecule has 0 aromatic heterocycles. The number of piperidine rings is 1. The van der Waals surface area contributed by atoms with Gasteiger partial charge < -0.3 is 13.9 Å². The quantitative estimate of drug-likeness (QED) is 0.353. The van der Waals surface area contributed by atoms with Gasteiger partial charge in [-0.15, -0.1) is 0 Å². The fourth-order valence-corrected chi connectivity index (χ4v) is 5.50. The van der Waals surface area contributed by atoms with Gasteiger partial charge in [0.2, 0.25) is 0 Å². The maximum atomic E-state index is 13.7. The van der Waals surface area contributed by atoms with E-state index in [1.54, 1.807) is 12.1 Å². The third-order valence-corrected chi connectivity index (χ3v) is 11.7. The van der Waals surface area contributed by atoms with Crippen molar-refractivity contribution in [1.29, 1.82) is 0 Å². The van der Waals surface area contributed by atoms with Gasteiger partial charge in [0, 0.05) is 12.3 Å². The van der Waals surface area contributed by atoms with Gasteiger partial charge in [-0.05, 0) is 29.8 Å². The van der Waals surface area contributed by atoms with Crippen molar-refractivity contribution in [2.75, 3.05) is 13.7 Å². The average molecular weight is 488 g/mol. The second-order valence-electron chi connectivity index (χ2n) is 10.3. The maximum Gasteiger partial charge on any atom is 0.416 e. The fourth-order valence-electron chi connectivity index (χ4n) is 4.15. The fraction of sp³-hybridized carbons (Fsp3) is 0.520. The highest BCUT2D eigenvalue weighted by Gasteiger charge is 2.63. The number of esters is 1. The van der Waals surface area contributed by atoms with Crippen LogP contribution < -0.4 is 0 Å². The summed E-state index contributed by atoms with van der Waals surface area (Å²) >= 11 is 0. The lowest BCUT2D eigenvalue weighted by Gasteiger charge is -2.50. The molecule has 1 aromatic rings. The number of ether oxygens (including phenoxy) is 2. The molecule has 0 bridgehead atoms. The molecule has 1 aliphatic heterocycles. The molecule has 1 fully saturated rings. The van der Waals surface area contributed by atoms with Crippen LogP contribution in [0.1, 0.15) is 32.8 Å². The monoisotopic (exact) mass is 487 g/mol. The summed E-state index contributed by atoms with van der Waals surface area (Å²) in [6.07, 6.45) is 0.846. The molecule has 3 rings (SSSR count). The van der Waals surface area contributed by atoms with Gasteiger partial charge in [-0.1, -0.05) is 57.2 Å². The second kappa shape index (κ2) is 9.46. The van der Waals surface area contributed by atoms with Crippen molar-refractivity contribution in [3.8, 4) is 0 Å². The summed E-state index contributed by atoms with van der Waals surface area (Å²) in [6.45, 7) is 10.1. The van der Waals surface area contributed by atoms with Crippen LogP contribution in [0.15, 0.2) is 42.5 Å². The van der Waals surface area contributed by atoms with E-state index in [2.05, 4.69) is 20.8 Å². The van der Waals surface area contributed by atoms with E-state index in [4.69, 9.17) is 13.9 Å². The van der Waals surface area contributed by atoms with Gasteiger partial charge in [-0.2, -0.15) is 0 Å². The normalized spacial score (nSPS) is 25.1. The Morgan fingerprint density at radius 1 is 1.15 bits per heavy atom. The number of nitrogens with zero attached hydrogens (tertiary/aromatic N) is 1. The molecule has 9 heteroatoms. The third kappa shape index (κ3) is 4.72. The molecular formula is C25H33NO7Si. The van der Waals surface area contributed by atoms with Gasteiger partial charge in [0.15, 0.2) is 19.5 Å². The molecule has 1 aromatic carbocycles. The number of rotatable bonds is 5. The van der Waals surface area contributed by atoms with E-state index in [1.807, 2.05) is 31.3 Å². The topological polar surface area (TPSA) is 99.2 Å².